The number of aromatic nitrogens is 1. The van der Waals surface area contributed by atoms with E-state index in [4.69, 9.17) is 5.73 Å². The number of nitrogen functional groups attached to an aromatic ring is 1. The van der Waals surface area contributed by atoms with Crippen LogP contribution in [0.4, 0.5) is 10.8 Å². The van der Waals surface area contributed by atoms with E-state index in [1.54, 1.807) is 0 Å². The maximum Gasteiger partial charge on any atom is 0.284 e. The minimum absolute atomic E-state index is 0.0807. The zero-order valence-corrected chi connectivity index (χ0v) is 19.6. The summed E-state index contributed by atoms with van der Waals surface area (Å²) >= 11 is 0.808. The monoisotopic (exact) mass is 540 g/mol. The van der Waals surface area contributed by atoms with Crippen LogP contribution in [0, 0.1) is 0 Å². The molecule has 0 bridgehead atoms. The summed E-state index contributed by atoms with van der Waals surface area (Å²) in [6.45, 7) is -0.553. The molecule has 0 aliphatic carbocycles. The van der Waals surface area contributed by atoms with Gasteiger partial charge in [0.05, 0.1) is 6.42 Å². The third kappa shape index (κ3) is 5.53. The quantitative estimate of drug-likeness (QED) is 0.0857. The molecule has 15 nitrogen and oxygen atoms in total. The number of amides is 1. The van der Waals surface area contributed by atoms with Crippen LogP contribution in [-0.4, -0.2) is 74.4 Å². The standard InChI is InChI=1S/C21H24N4O11S/c22-19-25-11(18(32)37-19)7-12(26)24-9-3-1-8(2-4-9)20(33,34)21(35,36)23-6-5-10-13(27)15(29)17(31)16(30)14(10)28/h1-4,23,27-36H,5-7H2,(H2,22,25)(H,24,26). The zero-order chi connectivity index (χ0) is 27.7. The fourth-order valence-corrected chi connectivity index (χ4v) is 3.87. The van der Waals surface area contributed by atoms with Gasteiger partial charge in [-0.2, -0.15) is 0 Å². The van der Waals surface area contributed by atoms with E-state index in [0.29, 0.717) is 0 Å². The van der Waals surface area contributed by atoms with Gasteiger partial charge in [0.1, 0.15) is 5.69 Å². The number of aliphatic hydroxyl groups is 4. The molecule has 0 saturated carbocycles. The van der Waals surface area contributed by atoms with Gasteiger partial charge in [0.25, 0.3) is 11.7 Å². The molecule has 3 rings (SSSR count). The number of carbonyl (C=O) groups is 1. The Morgan fingerprint density at radius 1 is 0.892 bits per heavy atom. The number of nitrogens with two attached hydrogens (primary N) is 1. The number of nitrogens with zero attached hydrogens (tertiary/aromatic N) is 1. The Hall–Kier alpha value is -4.06. The lowest BCUT2D eigenvalue weighted by molar-refractivity contribution is -0.378. The van der Waals surface area contributed by atoms with E-state index in [9.17, 15) is 55.9 Å². The van der Waals surface area contributed by atoms with Crippen molar-refractivity contribution in [3.05, 3.63) is 41.1 Å². The number of thiazole rings is 1. The number of hydrogen-bond donors (Lipinski definition) is 13. The maximum absolute atomic E-state index is 12.2. The van der Waals surface area contributed by atoms with Crippen LogP contribution in [0.2, 0.25) is 0 Å². The molecule has 1 amide bonds. The van der Waals surface area contributed by atoms with Crippen LogP contribution < -0.4 is 16.4 Å². The van der Waals surface area contributed by atoms with Gasteiger partial charge in [-0.15, -0.1) is 0 Å². The molecule has 0 aliphatic rings. The van der Waals surface area contributed by atoms with Gasteiger partial charge < -0.3 is 62.1 Å². The lowest BCUT2D eigenvalue weighted by atomic mass is 10.0. The Labute approximate surface area is 211 Å². The molecule has 1 aromatic heterocycles. The highest BCUT2D eigenvalue weighted by Crippen LogP contribution is 2.50. The van der Waals surface area contributed by atoms with Gasteiger partial charge in [0.15, 0.2) is 21.7 Å². The third-order valence-electron chi connectivity index (χ3n) is 5.29. The number of phenols is 5. The second kappa shape index (κ2) is 10.1. The lowest BCUT2D eigenvalue weighted by Crippen LogP contribution is -2.61. The van der Waals surface area contributed by atoms with E-state index in [-0.39, 0.29) is 28.0 Å². The second-order valence-electron chi connectivity index (χ2n) is 7.85. The second-order valence-corrected chi connectivity index (χ2v) is 8.86. The first-order valence-corrected chi connectivity index (χ1v) is 11.1. The average Bonchev–Trinajstić information content (AvgIpc) is 3.14. The molecular formula is C21H24N4O11S. The smallest absolute Gasteiger partial charge is 0.284 e. The van der Waals surface area contributed by atoms with E-state index in [0.717, 1.165) is 23.5 Å². The van der Waals surface area contributed by atoms with Crippen molar-refractivity contribution < 1.29 is 55.9 Å². The number of nitrogens with one attached hydrogen (secondary N) is 2. The number of benzene rings is 2. The maximum atomic E-state index is 12.2. The van der Waals surface area contributed by atoms with Crippen LogP contribution in [0.1, 0.15) is 16.8 Å². The summed E-state index contributed by atoms with van der Waals surface area (Å²) in [7, 11) is 0. The number of anilines is 2. The minimum Gasteiger partial charge on any atom is -0.504 e. The van der Waals surface area contributed by atoms with Gasteiger partial charge in [-0.3, -0.25) is 10.1 Å². The highest BCUT2D eigenvalue weighted by atomic mass is 32.1. The summed E-state index contributed by atoms with van der Waals surface area (Å²) in [6, 6.07) is 4.62. The van der Waals surface area contributed by atoms with Crippen LogP contribution in [0.3, 0.4) is 0 Å². The van der Waals surface area contributed by atoms with Gasteiger partial charge in [0.2, 0.25) is 23.2 Å². The molecule has 0 saturated heterocycles. The lowest BCUT2D eigenvalue weighted by Gasteiger charge is -2.35. The number of hydrogen-bond acceptors (Lipinski definition) is 15. The van der Waals surface area contributed by atoms with Gasteiger partial charge in [0, 0.05) is 23.4 Å². The number of rotatable bonds is 9. The average molecular weight is 541 g/mol. The Balaban J connectivity index is 1.65. The molecule has 14 N–H and O–H groups in total. The molecular weight excluding hydrogens is 516 g/mol. The fraction of sp³-hybridized carbons (Fsp3) is 0.238. The Morgan fingerprint density at radius 3 is 1.95 bits per heavy atom. The van der Waals surface area contributed by atoms with Crippen molar-refractivity contribution in [2.75, 3.05) is 17.6 Å². The summed E-state index contributed by atoms with van der Waals surface area (Å²) in [5.41, 5.74) is 4.84. The molecule has 0 aliphatic heterocycles. The molecule has 37 heavy (non-hydrogen) atoms. The van der Waals surface area contributed by atoms with Crippen LogP contribution in [0.25, 0.3) is 0 Å². The number of aromatic hydroxyl groups is 6. The van der Waals surface area contributed by atoms with Crippen molar-refractivity contribution in [2.45, 2.75) is 24.5 Å². The van der Waals surface area contributed by atoms with E-state index >= 15 is 0 Å². The van der Waals surface area contributed by atoms with Crippen LogP contribution >= 0.6 is 11.3 Å². The molecule has 16 heteroatoms. The molecule has 0 atom stereocenters. The Morgan fingerprint density at radius 2 is 1.43 bits per heavy atom. The van der Waals surface area contributed by atoms with Crippen LogP contribution in [0.5, 0.6) is 33.8 Å². The normalized spacial score (nSPS) is 12.0. The summed E-state index contributed by atoms with van der Waals surface area (Å²) in [5, 5.41) is 104. The predicted molar refractivity (Wildman–Crippen MR) is 127 cm³/mol. The number of carbonyl (C=O) groups excluding carboxylic acids is 1. The Bertz CT molecular complexity index is 1280. The van der Waals surface area contributed by atoms with E-state index in [1.807, 2.05) is 5.32 Å². The fourth-order valence-electron chi connectivity index (χ4n) is 3.28. The first kappa shape index (κ1) is 27.5. The van der Waals surface area contributed by atoms with Gasteiger partial charge in [-0.1, -0.05) is 23.5 Å². The molecule has 1 heterocycles. The van der Waals surface area contributed by atoms with Crippen molar-refractivity contribution in [1.82, 2.24) is 10.3 Å². The zero-order valence-electron chi connectivity index (χ0n) is 18.7. The van der Waals surface area contributed by atoms with Crippen LogP contribution in [0.15, 0.2) is 24.3 Å². The van der Waals surface area contributed by atoms with E-state index < -0.39 is 70.4 Å². The molecule has 0 radical (unpaired) electrons. The number of phenolic OH excluding ortho intramolecular Hbond substituents is 5. The molecule has 200 valence electrons. The van der Waals surface area contributed by atoms with Gasteiger partial charge >= 0.3 is 0 Å². The third-order valence-corrected chi connectivity index (χ3v) is 6.02. The SMILES string of the molecule is Nc1nc(CC(=O)Nc2ccc(C(O)(O)C(O)(O)NCCc3c(O)c(O)c(O)c(O)c3O)cc2)c(O)s1. The molecule has 0 spiro atoms. The topological polar surface area (TPSA) is 282 Å². The minimum atomic E-state index is -3.40. The first-order chi connectivity index (χ1) is 17.2. The summed E-state index contributed by atoms with van der Waals surface area (Å²) in [6.07, 6.45) is -0.767. The first-order valence-electron chi connectivity index (χ1n) is 10.3. The predicted octanol–water partition coefficient (Wildman–Crippen LogP) is -1.25. The molecule has 0 fully saturated rings. The van der Waals surface area contributed by atoms with Crippen molar-refractivity contribution in [3.8, 4) is 33.8 Å². The highest BCUT2D eigenvalue weighted by molar-refractivity contribution is 7.17. The van der Waals surface area contributed by atoms with E-state index in [2.05, 4.69) is 10.3 Å². The highest BCUT2D eigenvalue weighted by Gasteiger charge is 2.48. The van der Waals surface area contributed by atoms with Crippen molar-refractivity contribution in [3.63, 3.8) is 0 Å². The molecule has 0 unspecified atom stereocenters. The summed E-state index contributed by atoms with van der Waals surface area (Å²) in [5.74, 6) is -12.7. The van der Waals surface area contributed by atoms with Gasteiger partial charge in [-0.25, -0.2) is 4.98 Å². The summed E-state index contributed by atoms with van der Waals surface area (Å²) < 4.78 is 0. The van der Waals surface area contributed by atoms with Crippen molar-refractivity contribution >= 4 is 28.1 Å². The molecule has 2 aromatic carbocycles. The van der Waals surface area contributed by atoms with Crippen LogP contribution in [-0.2, 0) is 23.4 Å². The summed E-state index contributed by atoms with van der Waals surface area (Å²) in [4.78, 5) is 16.0. The Kier molecular flexibility index (Phi) is 7.54. The largest absolute Gasteiger partial charge is 0.504 e. The van der Waals surface area contributed by atoms with E-state index in [1.165, 1.54) is 12.1 Å². The van der Waals surface area contributed by atoms with Crippen molar-refractivity contribution in [1.29, 1.82) is 0 Å². The molecule has 3 aromatic rings. The van der Waals surface area contributed by atoms with Crippen molar-refractivity contribution in [2.24, 2.45) is 0 Å². The van der Waals surface area contributed by atoms with Gasteiger partial charge in [-0.05, 0) is 18.6 Å².